The number of amides is 1. The number of rotatable bonds is 6. The average Bonchev–Trinajstić information content (AvgIpc) is 3.51. The number of hydrogen-bond acceptors (Lipinski definition) is 6. The summed E-state index contributed by atoms with van der Waals surface area (Å²) in [5, 5.41) is 13.7. The van der Waals surface area contributed by atoms with Gasteiger partial charge in [0.25, 0.3) is 5.91 Å². The van der Waals surface area contributed by atoms with Crippen LogP contribution in [0.25, 0.3) is 5.13 Å². The van der Waals surface area contributed by atoms with Crippen LogP contribution in [0, 0.1) is 0 Å². The molecule has 2 fully saturated rings. The first-order valence-corrected chi connectivity index (χ1v) is 12.4. The van der Waals surface area contributed by atoms with Crippen LogP contribution in [0.3, 0.4) is 0 Å². The Balaban J connectivity index is 1.18. The quantitative estimate of drug-likeness (QED) is 0.620. The lowest BCUT2D eigenvalue weighted by atomic mass is 10.0. The van der Waals surface area contributed by atoms with Gasteiger partial charge < -0.3 is 10.2 Å². The fourth-order valence-electron chi connectivity index (χ4n) is 4.59. The lowest BCUT2D eigenvalue weighted by Gasteiger charge is -2.32. The molecule has 1 N–H and O–H groups in total. The summed E-state index contributed by atoms with van der Waals surface area (Å²) in [6.45, 7) is 5.04. The molecule has 0 radical (unpaired) electrons. The Bertz CT molecular complexity index is 1020. The lowest BCUT2D eigenvalue weighted by molar-refractivity contribution is 0.0902. The highest BCUT2D eigenvalue weighted by atomic mass is 32.1. The van der Waals surface area contributed by atoms with Crippen molar-refractivity contribution in [3.63, 3.8) is 0 Å². The summed E-state index contributed by atoms with van der Waals surface area (Å²) in [7, 11) is 0. The molecule has 2 saturated heterocycles. The van der Waals surface area contributed by atoms with Gasteiger partial charge >= 0.3 is 0 Å². The van der Waals surface area contributed by atoms with E-state index in [0.717, 1.165) is 55.8 Å². The normalized spacial score (nSPS) is 18.1. The number of benzene rings is 1. The Labute approximate surface area is 193 Å². The third kappa shape index (κ3) is 4.86. The molecule has 0 saturated carbocycles. The molecular weight excluding hydrogens is 420 g/mol. The SMILES string of the molecule is O=C(NC1CCN(Cc2ccccc2)CC1)c1cccn1-c1nnc(N2CCCCC2)s1. The van der Waals surface area contributed by atoms with Crippen LogP contribution >= 0.6 is 11.3 Å². The van der Waals surface area contributed by atoms with Crippen LogP contribution in [0.2, 0.25) is 0 Å². The van der Waals surface area contributed by atoms with E-state index in [0.29, 0.717) is 5.69 Å². The molecule has 2 aliphatic heterocycles. The minimum absolute atomic E-state index is 0.0359. The van der Waals surface area contributed by atoms with Crippen molar-refractivity contribution in [2.75, 3.05) is 31.1 Å². The minimum atomic E-state index is -0.0359. The second kappa shape index (κ2) is 9.83. The number of aromatic nitrogens is 3. The van der Waals surface area contributed by atoms with Crippen molar-refractivity contribution in [2.24, 2.45) is 0 Å². The molecule has 0 atom stereocenters. The van der Waals surface area contributed by atoms with Gasteiger partial charge in [-0.2, -0.15) is 0 Å². The van der Waals surface area contributed by atoms with Gasteiger partial charge in [-0.1, -0.05) is 41.7 Å². The first-order valence-electron chi connectivity index (χ1n) is 11.6. The predicted octanol–water partition coefficient (Wildman–Crippen LogP) is 3.71. The number of anilines is 1. The van der Waals surface area contributed by atoms with Crippen LogP contribution in [0.5, 0.6) is 0 Å². The highest BCUT2D eigenvalue weighted by Gasteiger charge is 2.24. The van der Waals surface area contributed by atoms with Gasteiger partial charge in [0.2, 0.25) is 10.3 Å². The van der Waals surface area contributed by atoms with Gasteiger partial charge in [-0.05, 0) is 49.8 Å². The zero-order chi connectivity index (χ0) is 21.8. The maximum absolute atomic E-state index is 13.0. The molecule has 1 amide bonds. The summed E-state index contributed by atoms with van der Waals surface area (Å²) >= 11 is 1.56. The highest BCUT2D eigenvalue weighted by Crippen LogP contribution is 2.27. The summed E-state index contributed by atoms with van der Waals surface area (Å²) < 4.78 is 1.87. The summed E-state index contributed by atoms with van der Waals surface area (Å²) in [6, 6.07) is 14.5. The summed E-state index contributed by atoms with van der Waals surface area (Å²) in [5.41, 5.74) is 1.96. The minimum Gasteiger partial charge on any atom is -0.348 e. The number of likely N-dealkylation sites (tertiary alicyclic amines) is 1. The maximum atomic E-state index is 13.0. The third-order valence-electron chi connectivity index (χ3n) is 6.39. The molecule has 3 aromatic rings. The highest BCUT2D eigenvalue weighted by molar-refractivity contribution is 7.17. The molecule has 7 nitrogen and oxygen atoms in total. The van der Waals surface area contributed by atoms with Gasteiger partial charge in [0, 0.05) is 45.0 Å². The molecular formula is C24H30N6OS. The van der Waals surface area contributed by atoms with E-state index < -0.39 is 0 Å². The molecule has 8 heteroatoms. The van der Waals surface area contributed by atoms with E-state index in [4.69, 9.17) is 0 Å². The molecule has 168 valence electrons. The van der Waals surface area contributed by atoms with Gasteiger partial charge in [-0.3, -0.25) is 14.3 Å². The van der Waals surface area contributed by atoms with E-state index in [2.05, 4.69) is 55.6 Å². The van der Waals surface area contributed by atoms with E-state index >= 15 is 0 Å². The first kappa shape index (κ1) is 21.2. The standard InChI is InChI=1S/C24H30N6OS/c31-22(25-20-11-16-28(17-12-20)18-19-8-3-1-4-9-19)21-10-7-15-30(21)24-27-26-23(32-24)29-13-5-2-6-14-29/h1,3-4,7-10,15,20H,2,5-6,11-14,16-18H2,(H,25,31). The maximum Gasteiger partial charge on any atom is 0.268 e. The second-order valence-electron chi connectivity index (χ2n) is 8.69. The molecule has 0 spiro atoms. The predicted molar refractivity (Wildman–Crippen MR) is 128 cm³/mol. The van der Waals surface area contributed by atoms with E-state index in [1.807, 2.05) is 22.9 Å². The van der Waals surface area contributed by atoms with Crippen LogP contribution in [0.15, 0.2) is 48.7 Å². The Morgan fingerprint density at radius 2 is 1.69 bits per heavy atom. The van der Waals surface area contributed by atoms with Crippen LogP contribution in [-0.2, 0) is 6.54 Å². The van der Waals surface area contributed by atoms with Gasteiger partial charge in [-0.15, -0.1) is 10.2 Å². The van der Waals surface area contributed by atoms with E-state index in [1.54, 1.807) is 11.3 Å². The largest absolute Gasteiger partial charge is 0.348 e. The first-order chi connectivity index (χ1) is 15.8. The van der Waals surface area contributed by atoms with E-state index in [9.17, 15) is 4.79 Å². The Kier molecular flexibility index (Phi) is 6.50. The van der Waals surface area contributed by atoms with Crippen LogP contribution in [-0.4, -0.2) is 57.8 Å². The van der Waals surface area contributed by atoms with Crippen LogP contribution in [0.1, 0.15) is 48.2 Å². The lowest BCUT2D eigenvalue weighted by Crippen LogP contribution is -2.44. The smallest absolute Gasteiger partial charge is 0.268 e. The topological polar surface area (TPSA) is 66.3 Å². The molecule has 5 rings (SSSR count). The molecule has 0 aliphatic carbocycles. The Morgan fingerprint density at radius 1 is 0.938 bits per heavy atom. The third-order valence-corrected chi connectivity index (χ3v) is 7.37. The molecule has 0 unspecified atom stereocenters. The molecule has 1 aromatic carbocycles. The Hall–Kier alpha value is -2.71. The van der Waals surface area contributed by atoms with Crippen molar-refractivity contribution < 1.29 is 4.79 Å². The summed E-state index contributed by atoms with van der Waals surface area (Å²) in [6.07, 6.45) is 7.54. The monoisotopic (exact) mass is 450 g/mol. The zero-order valence-corrected chi connectivity index (χ0v) is 19.1. The van der Waals surface area contributed by atoms with Gasteiger partial charge in [0.05, 0.1) is 0 Å². The number of hydrogen-bond donors (Lipinski definition) is 1. The zero-order valence-electron chi connectivity index (χ0n) is 18.3. The molecule has 32 heavy (non-hydrogen) atoms. The average molecular weight is 451 g/mol. The second-order valence-corrected chi connectivity index (χ2v) is 9.62. The van der Waals surface area contributed by atoms with Crippen molar-refractivity contribution in [1.82, 2.24) is 25.0 Å². The molecule has 2 aliphatic rings. The van der Waals surface area contributed by atoms with Gasteiger partial charge in [0.1, 0.15) is 5.69 Å². The van der Waals surface area contributed by atoms with Crippen molar-refractivity contribution >= 4 is 22.4 Å². The van der Waals surface area contributed by atoms with E-state index in [1.165, 1.54) is 24.8 Å². The fourth-order valence-corrected chi connectivity index (χ4v) is 5.48. The molecule has 2 aromatic heterocycles. The van der Waals surface area contributed by atoms with Crippen molar-refractivity contribution in [3.05, 3.63) is 59.9 Å². The van der Waals surface area contributed by atoms with Crippen molar-refractivity contribution in [2.45, 2.75) is 44.7 Å². The fraction of sp³-hybridized carbons (Fsp3) is 0.458. The van der Waals surface area contributed by atoms with Crippen LogP contribution < -0.4 is 10.2 Å². The number of piperidine rings is 2. The van der Waals surface area contributed by atoms with Gasteiger partial charge in [-0.25, -0.2) is 0 Å². The van der Waals surface area contributed by atoms with Crippen LogP contribution in [0.4, 0.5) is 5.13 Å². The molecule has 4 heterocycles. The Morgan fingerprint density at radius 3 is 2.47 bits per heavy atom. The number of nitrogens with zero attached hydrogens (tertiary/aromatic N) is 5. The number of carbonyl (C=O) groups is 1. The van der Waals surface area contributed by atoms with E-state index in [-0.39, 0.29) is 11.9 Å². The van der Waals surface area contributed by atoms with Crippen molar-refractivity contribution in [3.8, 4) is 5.13 Å². The number of nitrogens with one attached hydrogen (secondary N) is 1. The summed E-state index contributed by atoms with van der Waals surface area (Å²) in [4.78, 5) is 17.8. The number of carbonyl (C=O) groups excluding carboxylic acids is 1. The van der Waals surface area contributed by atoms with Gasteiger partial charge in [0.15, 0.2) is 0 Å². The summed E-state index contributed by atoms with van der Waals surface area (Å²) in [5.74, 6) is -0.0359. The molecule has 0 bridgehead atoms. The van der Waals surface area contributed by atoms with Crippen molar-refractivity contribution in [1.29, 1.82) is 0 Å².